The van der Waals surface area contributed by atoms with Gasteiger partial charge in [-0.1, -0.05) is 50.8 Å². The maximum atomic E-state index is 13.7. The molecule has 1 aromatic rings. The third-order valence-corrected chi connectivity index (χ3v) is 8.53. The number of carbonyl (C=O) groups excluding carboxylic acids is 2. The van der Waals surface area contributed by atoms with Gasteiger partial charge in [0.25, 0.3) is 0 Å². The van der Waals surface area contributed by atoms with E-state index in [1.165, 1.54) is 6.42 Å². The number of hydrogen-bond donors (Lipinski definition) is 2. The predicted octanol–water partition coefficient (Wildman–Crippen LogP) is 4.17. The average molecular weight is 536 g/mol. The molecule has 2 aliphatic heterocycles. The number of hydrogen-bond acceptors (Lipinski definition) is 5. The number of piperazine rings is 1. The van der Waals surface area contributed by atoms with E-state index in [-0.39, 0.29) is 30.1 Å². The number of carbonyl (C=O) groups is 2. The molecule has 2 N–H and O–H groups in total. The summed E-state index contributed by atoms with van der Waals surface area (Å²) in [6, 6.07) is 9.10. The first-order valence-electron chi connectivity index (χ1n) is 14.3. The van der Waals surface area contributed by atoms with Gasteiger partial charge in [-0.3, -0.25) is 9.59 Å². The number of nitrogens with one attached hydrogen (secondary N) is 1. The highest BCUT2D eigenvalue weighted by Gasteiger charge is 2.55. The highest BCUT2D eigenvalue weighted by atomic mass is 35.5. The van der Waals surface area contributed by atoms with Gasteiger partial charge < -0.3 is 25.0 Å². The second kappa shape index (κ2) is 14.4. The Kier molecular flexibility index (Phi) is 11.5. The number of para-hydroxylation sites is 1. The van der Waals surface area contributed by atoms with E-state index in [0.29, 0.717) is 26.0 Å². The molecule has 1 aliphatic carbocycles. The highest BCUT2D eigenvalue weighted by molar-refractivity contribution is 6.00. The van der Waals surface area contributed by atoms with Crippen molar-refractivity contribution in [2.45, 2.75) is 95.2 Å². The molecule has 2 amide bonds. The van der Waals surface area contributed by atoms with Crippen LogP contribution in [0.4, 0.5) is 0 Å². The van der Waals surface area contributed by atoms with Crippen molar-refractivity contribution >= 4 is 24.2 Å². The summed E-state index contributed by atoms with van der Waals surface area (Å²) in [5, 5.41) is 14.1. The molecule has 3 fully saturated rings. The van der Waals surface area contributed by atoms with E-state index in [2.05, 4.69) is 17.1 Å². The van der Waals surface area contributed by atoms with E-state index in [9.17, 15) is 14.7 Å². The zero-order valence-electron chi connectivity index (χ0n) is 22.4. The maximum Gasteiger partial charge on any atom is 0.248 e. The van der Waals surface area contributed by atoms with Crippen LogP contribution in [0.1, 0.15) is 77.6 Å². The second-order valence-electron chi connectivity index (χ2n) is 10.9. The molecule has 8 heteroatoms. The average Bonchev–Trinajstić information content (AvgIpc) is 2.92. The molecular formula is C29H46ClN3O4. The molecule has 0 bridgehead atoms. The van der Waals surface area contributed by atoms with Crippen LogP contribution in [0.2, 0.25) is 0 Å². The molecule has 2 heterocycles. The number of likely N-dealkylation sites (tertiary alicyclic amines) is 1. The van der Waals surface area contributed by atoms with E-state index in [1.807, 2.05) is 35.2 Å². The minimum absolute atomic E-state index is 0. The SMILES string of the molecule is CCCCN1C(=O)[C@@H]([C@H](O)C2CCCCC2)NC(=O)C12CCN(CCCCOc1ccccc1)CC2.Cl. The number of aliphatic hydroxyl groups excluding tert-OH is 1. The van der Waals surface area contributed by atoms with Crippen LogP contribution in [0.5, 0.6) is 5.75 Å². The van der Waals surface area contributed by atoms with E-state index in [4.69, 9.17) is 4.74 Å². The first kappa shape index (κ1) is 29.7. The molecule has 0 unspecified atom stereocenters. The van der Waals surface area contributed by atoms with Gasteiger partial charge in [-0.2, -0.15) is 0 Å². The van der Waals surface area contributed by atoms with Crippen LogP contribution in [0.15, 0.2) is 30.3 Å². The van der Waals surface area contributed by atoms with Crippen LogP contribution in [-0.2, 0) is 9.59 Å². The first-order chi connectivity index (χ1) is 17.5. The largest absolute Gasteiger partial charge is 0.494 e. The topological polar surface area (TPSA) is 82.1 Å². The second-order valence-corrected chi connectivity index (χ2v) is 10.9. The first-order valence-corrected chi connectivity index (χ1v) is 14.3. The van der Waals surface area contributed by atoms with Gasteiger partial charge in [-0.05, 0) is 69.5 Å². The Labute approximate surface area is 228 Å². The maximum absolute atomic E-state index is 13.7. The summed E-state index contributed by atoms with van der Waals surface area (Å²) in [4.78, 5) is 31.5. The summed E-state index contributed by atoms with van der Waals surface area (Å²) in [5.41, 5.74) is -0.776. The van der Waals surface area contributed by atoms with Gasteiger partial charge in [0.15, 0.2) is 0 Å². The van der Waals surface area contributed by atoms with Gasteiger partial charge in [-0.15, -0.1) is 12.4 Å². The normalized spacial score (nSPS) is 23.4. The molecule has 1 aromatic carbocycles. The third kappa shape index (κ3) is 7.18. The number of halogens is 1. The van der Waals surface area contributed by atoms with Crippen molar-refractivity contribution in [2.24, 2.45) is 5.92 Å². The number of benzene rings is 1. The van der Waals surface area contributed by atoms with Crippen LogP contribution >= 0.6 is 12.4 Å². The minimum atomic E-state index is -0.800. The minimum Gasteiger partial charge on any atom is -0.494 e. The number of piperidine rings is 1. The Bertz CT molecular complexity index is 841. The van der Waals surface area contributed by atoms with E-state index in [0.717, 1.165) is 76.8 Å². The highest BCUT2D eigenvalue weighted by Crippen LogP contribution is 2.36. The Morgan fingerprint density at radius 2 is 1.73 bits per heavy atom. The molecule has 2 saturated heterocycles. The standard InChI is InChI=1S/C29H45N3O4.ClH/c1-2-3-19-32-27(34)25(26(33)23-12-6-4-7-13-23)30-28(35)29(32)16-20-31(21-17-29)18-10-11-22-36-24-14-8-5-9-15-24;/h5,8-9,14-15,23,25-26,33H,2-4,6-7,10-13,16-22H2,1H3,(H,30,35);1H/t25-,26-;/m1./s1. The fourth-order valence-electron chi connectivity index (χ4n) is 6.25. The van der Waals surface area contributed by atoms with Crippen molar-refractivity contribution in [2.75, 3.05) is 32.8 Å². The molecule has 1 saturated carbocycles. The fraction of sp³-hybridized carbons (Fsp3) is 0.724. The van der Waals surface area contributed by atoms with Crippen molar-refractivity contribution in [3.8, 4) is 5.75 Å². The van der Waals surface area contributed by atoms with Crippen LogP contribution in [0.3, 0.4) is 0 Å². The lowest BCUT2D eigenvalue weighted by molar-refractivity contribution is -0.165. The van der Waals surface area contributed by atoms with E-state index in [1.54, 1.807) is 0 Å². The molecule has 2 atom stereocenters. The number of aliphatic hydroxyl groups is 1. The monoisotopic (exact) mass is 535 g/mol. The van der Waals surface area contributed by atoms with Crippen LogP contribution in [0, 0.1) is 5.92 Å². The van der Waals surface area contributed by atoms with Gasteiger partial charge in [0, 0.05) is 19.6 Å². The molecule has 3 aliphatic rings. The smallest absolute Gasteiger partial charge is 0.248 e. The molecule has 0 aromatic heterocycles. The Morgan fingerprint density at radius 3 is 2.41 bits per heavy atom. The molecule has 0 radical (unpaired) electrons. The van der Waals surface area contributed by atoms with Crippen molar-refractivity contribution in [1.82, 2.24) is 15.1 Å². The summed E-state index contributed by atoms with van der Waals surface area (Å²) in [6.07, 6.45) is 9.63. The molecule has 208 valence electrons. The number of amides is 2. The quantitative estimate of drug-likeness (QED) is 0.416. The van der Waals surface area contributed by atoms with Crippen LogP contribution < -0.4 is 10.1 Å². The van der Waals surface area contributed by atoms with Gasteiger partial charge in [0.05, 0.1) is 12.7 Å². The zero-order valence-corrected chi connectivity index (χ0v) is 23.2. The van der Waals surface area contributed by atoms with Crippen molar-refractivity contribution in [3.05, 3.63) is 30.3 Å². The van der Waals surface area contributed by atoms with Gasteiger partial charge in [0.1, 0.15) is 17.3 Å². The summed E-state index contributed by atoms with van der Waals surface area (Å²) in [6.45, 7) is 5.99. The third-order valence-electron chi connectivity index (χ3n) is 8.53. The number of ether oxygens (including phenoxy) is 1. The lowest BCUT2D eigenvalue weighted by Gasteiger charge is -2.52. The van der Waals surface area contributed by atoms with Crippen molar-refractivity contribution < 1.29 is 19.4 Å². The Hall–Kier alpha value is -1.83. The van der Waals surface area contributed by atoms with Crippen molar-refractivity contribution in [1.29, 1.82) is 0 Å². The van der Waals surface area contributed by atoms with E-state index < -0.39 is 17.7 Å². The molecular weight excluding hydrogens is 490 g/mol. The van der Waals surface area contributed by atoms with Crippen LogP contribution in [0.25, 0.3) is 0 Å². The summed E-state index contributed by atoms with van der Waals surface area (Å²) < 4.78 is 5.80. The predicted molar refractivity (Wildman–Crippen MR) is 148 cm³/mol. The summed E-state index contributed by atoms with van der Waals surface area (Å²) in [5.74, 6) is 0.869. The van der Waals surface area contributed by atoms with Gasteiger partial charge in [-0.25, -0.2) is 0 Å². The number of rotatable bonds is 11. The lowest BCUT2D eigenvalue weighted by atomic mass is 9.78. The fourth-order valence-corrected chi connectivity index (χ4v) is 6.25. The summed E-state index contributed by atoms with van der Waals surface area (Å²) >= 11 is 0. The number of unbranched alkanes of at least 4 members (excludes halogenated alkanes) is 2. The van der Waals surface area contributed by atoms with Crippen molar-refractivity contribution in [3.63, 3.8) is 0 Å². The molecule has 4 rings (SSSR count). The summed E-state index contributed by atoms with van der Waals surface area (Å²) in [7, 11) is 0. The van der Waals surface area contributed by atoms with Gasteiger partial charge in [0.2, 0.25) is 11.8 Å². The van der Waals surface area contributed by atoms with E-state index >= 15 is 0 Å². The molecule has 37 heavy (non-hydrogen) atoms. The number of nitrogens with zero attached hydrogens (tertiary/aromatic N) is 2. The lowest BCUT2D eigenvalue weighted by Crippen LogP contribution is -2.75. The zero-order chi connectivity index (χ0) is 25.4. The Balaban J connectivity index is 0.00000380. The van der Waals surface area contributed by atoms with Crippen LogP contribution in [-0.4, -0.2) is 77.2 Å². The molecule has 1 spiro atoms. The Morgan fingerprint density at radius 1 is 1.03 bits per heavy atom. The molecule has 7 nitrogen and oxygen atoms in total. The van der Waals surface area contributed by atoms with Gasteiger partial charge >= 0.3 is 0 Å².